The normalized spacial score (nSPS) is 11.5. The van der Waals surface area contributed by atoms with Crippen LogP contribution in [0.2, 0.25) is 0 Å². The van der Waals surface area contributed by atoms with Gasteiger partial charge in [0.25, 0.3) is 0 Å². The second-order valence-electron chi connectivity index (χ2n) is 4.61. The molecule has 0 saturated heterocycles. The first-order valence-corrected chi connectivity index (χ1v) is 5.77. The van der Waals surface area contributed by atoms with E-state index in [0.29, 0.717) is 5.75 Å². The van der Waals surface area contributed by atoms with Gasteiger partial charge < -0.3 is 9.67 Å². The Hall–Kier alpha value is -1.96. The van der Waals surface area contributed by atoms with Gasteiger partial charge in [-0.1, -0.05) is 24.3 Å². The zero-order chi connectivity index (χ0) is 12.2. The topological polar surface area (TPSA) is 25.2 Å². The molecule has 0 aliphatic carbocycles. The zero-order valence-corrected chi connectivity index (χ0v) is 10.3. The third-order valence-electron chi connectivity index (χ3n) is 3.78. The maximum atomic E-state index is 10.1. The summed E-state index contributed by atoms with van der Waals surface area (Å²) in [5, 5.41) is 13.3. The lowest BCUT2D eigenvalue weighted by Gasteiger charge is -2.05. The first kappa shape index (κ1) is 10.2. The molecule has 0 radical (unpaired) electrons. The van der Waals surface area contributed by atoms with E-state index >= 15 is 0 Å². The molecule has 0 unspecified atom stereocenters. The monoisotopic (exact) mass is 225 g/mol. The standard InChI is InChI=1S/C15H15NO/c1-9-10(2)16(3)15-12-7-5-4-6-11(12)14(17)8-13(9)15/h4-8,17H,1-3H3. The predicted molar refractivity (Wildman–Crippen MR) is 71.6 cm³/mol. The summed E-state index contributed by atoms with van der Waals surface area (Å²) in [5.74, 6) is 0.363. The number of fused-ring (bicyclic) bond motifs is 3. The fourth-order valence-electron chi connectivity index (χ4n) is 2.60. The maximum Gasteiger partial charge on any atom is 0.124 e. The van der Waals surface area contributed by atoms with Crippen molar-refractivity contribution in [1.29, 1.82) is 0 Å². The minimum absolute atomic E-state index is 0.363. The highest BCUT2D eigenvalue weighted by atomic mass is 16.3. The maximum absolute atomic E-state index is 10.1. The van der Waals surface area contributed by atoms with Crippen molar-refractivity contribution in [2.75, 3.05) is 0 Å². The molecule has 3 rings (SSSR count). The minimum Gasteiger partial charge on any atom is -0.507 e. The van der Waals surface area contributed by atoms with Gasteiger partial charge >= 0.3 is 0 Å². The van der Waals surface area contributed by atoms with Gasteiger partial charge in [0.05, 0.1) is 5.52 Å². The van der Waals surface area contributed by atoms with Crippen molar-refractivity contribution in [3.63, 3.8) is 0 Å². The summed E-state index contributed by atoms with van der Waals surface area (Å²) in [7, 11) is 2.08. The zero-order valence-electron chi connectivity index (χ0n) is 10.3. The molecule has 0 aliphatic rings. The second kappa shape index (κ2) is 3.27. The molecule has 1 heterocycles. The molecular weight excluding hydrogens is 210 g/mol. The number of aromatic hydroxyl groups is 1. The molecule has 17 heavy (non-hydrogen) atoms. The van der Waals surface area contributed by atoms with Crippen LogP contribution in [0.1, 0.15) is 11.3 Å². The lowest BCUT2D eigenvalue weighted by molar-refractivity contribution is 0.482. The lowest BCUT2D eigenvalue weighted by Crippen LogP contribution is -1.91. The Bertz CT molecular complexity index is 738. The molecule has 0 spiro atoms. The molecule has 1 N–H and O–H groups in total. The van der Waals surface area contributed by atoms with Gasteiger partial charge in [-0.2, -0.15) is 0 Å². The van der Waals surface area contributed by atoms with E-state index in [9.17, 15) is 5.11 Å². The Labute approximate surface area is 100 Å². The summed E-state index contributed by atoms with van der Waals surface area (Å²) >= 11 is 0. The van der Waals surface area contributed by atoms with Gasteiger partial charge in [-0.3, -0.25) is 0 Å². The summed E-state index contributed by atoms with van der Waals surface area (Å²) in [6.07, 6.45) is 0. The Morgan fingerprint density at radius 3 is 2.35 bits per heavy atom. The number of benzene rings is 2. The van der Waals surface area contributed by atoms with Gasteiger partial charge in [-0.05, 0) is 25.5 Å². The number of hydrogen-bond donors (Lipinski definition) is 1. The van der Waals surface area contributed by atoms with Gasteiger partial charge in [0, 0.05) is 28.9 Å². The number of rotatable bonds is 0. The van der Waals surface area contributed by atoms with Crippen LogP contribution >= 0.6 is 0 Å². The van der Waals surface area contributed by atoms with Gasteiger partial charge in [0.1, 0.15) is 5.75 Å². The molecule has 2 aromatic carbocycles. The van der Waals surface area contributed by atoms with Crippen molar-refractivity contribution >= 4 is 21.7 Å². The number of phenols is 1. The average Bonchev–Trinajstić information content (AvgIpc) is 2.55. The van der Waals surface area contributed by atoms with Crippen molar-refractivity contribution in [3.8, 4) is 5.75 Å². The Morgan fingerprint density at radius 1 is 1.00 bits per heavy atom. The smallest absolute Gasteiger partial charge is 0.124 e. The number of hydrogen-bond acceptors (Lipinski definition) is 1. The quantitative estimate of drug-likeness (QED) is 0.620. The Morgan fingerprint density at radius 2 is 1.65 bits per heavy atom. The molecule has 2 nitrogen and oxygen atoms in total. The largest absolute Gasteiger partial charge is 0.507 e. The Balaban J connectivity index is 2.69. The SMILES string of the molecule is Cc1c(C)n(C)c2c1cc(O)c1ccccc12. The summed E-state index contributed by atoms with van der Waals surface area (Å²) in [4.78, 5) is 0. The first-order chi connectivity index (χ1) is 8.11. The van der Waals surface area contributed by atoms with Crippen LogP contribution in [0.25, 0.3) is 21.7 Å². The van der Waals surface area contributed by atoms with E-state index < -0.39 is 0 Å². The van der Waals surface area contributed by atoms with E-state index in [4.69, 9.17) is 0 Å². The summed E-state index contributed by atoms with van der Waals surface area (Å²) in [6.45, 7) is 4.22. The molecule has 0 saturated carbocycles. The van der Waals surface area contributed by atoms with Gasteiger partial charge in [-0.25, -0.2) is 0 Å². The van der Waals surface area contributed by atoms with Crippen LogP contribution in [0.5, 0.6) is 5.75 Å². The number of phenolic OH excluding ortho intramolecular Hbond substituents is 1. The van der Waals surface area contributed by atoms with Crippen molar-refractivity contribution in [2.24, 2.45) is 7.05 Å². The molecule has 0 aliphatic heterocycles. The summed E-state index contributed by atoms with van der Waals surface area (Å²) < 4.78 is 2.20. The lowest BCUT2D eigenvalue weighted by atomic mass is 10.0. The minimum atomic E-state index is 0.363. The number of aromatic nitrogens is 1. The highest BCUT2D eigenvalue weighted by Gasteiger charge is 2.13. The molecular formula is C15H15NO. The van der Waals surface area contributed by atoms with Crippen LogP contribution < -0.4 is 0 Å². The van der Waals surface area contributed by atoms with E-state index in [0.717, 1.165) is 16.2 Å². The summed E-state index contributed by atoms with van der Waals surface area (Å²) in [5.41, 5.74) is 3.69. The van der Waals surface area contributed by atoms with Crippen molar-refractivity contribution < 1.29 is 5.11 Å². The van der Waals surface area contributed by atoms with Gasteiger partial charge in [-0.15, -0.1) is 0 Å². The number of aryl methyl sites for hydroxylation is 2. The molecule has 0 fully saturated rings. The third kappa shape index (κ3) is 1.21. The van der Waals surface area contributed by atoms with Crippen molar-refractivity contribution in [1.82, 2.24) is 4.57 Å². The Kier molecular flexibility index (Phi) is 1.96. The van der Waals surface area contributed by atoms with Crippen LogP contribution in [0.4, 0.5) is 0 Å². The number of nitrogens with zero attached hydrogens (tertiary/aromatic N) is 1. The molecule has 0 amide bonds. The molecule has 2 heteroatoms. The van der Waals surface area contributed by atoms with E-state index in [2.05, 4.69) is 31.5 Å². The highest BCUT2D eigenvalue weighted by molar-refractivity contribution is 6.10. The predicted octanol–water partition coefficient (Wildman–Crippen LogP) is 3.65. The average molecular weight is 225 g/mol. The van der Waals surface area contributed by atoms with Crippen molar-refractivity contribution in [2.45, 2.75) is 13.8 Å². The molecule has 0 atom stereocenters. The van der Waals surface area contributed by atoms with E-state index in [1.54, 1.807) is 0 Å². The second-order valence-corrected chi connectivity index (χ2v) is 4.61. The fraction of sp³-hybridized carbons (Fsp3) is 0.200. The van der Waals surface area contributed by atoms with E-state index in [1.165, 1.54) is 16.8 Å². The fourth-order valence-corrected chi connectivity index (χ4v) is 2.60. The van der Waals surface area contributed by atoms with E-state index in [-0.39, 0.29) is 0 Å². The van der Waals surface area contributed by atoms with Crippen LogP contribution in [0, 0.1) is 13.8 Å². The van der Waals surface area contributed by atoms with Crippen LogP contribution in [-0.4, -0.2) is 9.67 Å². The highest BCUT2D eigenvalue weighted by Crippen LogP contribution is 2.36. The van der Waals surface area contributed by atoms with Crippen LogP contribution in [0.15, 0.2) is 30.3 Å². The van der Waals surface area contributed by atoms with Gasteiger partial charge in [0.2, 0.25) is 0 Å². The van der Waals surface area contributed by atoms with Gasteiger partial charge in [0.15, 0.2) is 0 Å². The van der Waals surface area contributed by atoms with Crippen LogP contribution in [0.3, 0.4) is 0 Å². The molecule has 1 aromatic heterocycles. The molecule has 86 valence electrons. The first-order valence-electron chi connectivity index (χ1n) is 5.77. The van der Waals surface area contributed by atoms with Crippen molar-refractivity contribution in [3.05, 3.63) is 41.6 Å². The third-order valence-corrected chi connectivity index (χ3v) is 3.78. The molecule has 3 aromatic rings. The van der Waals surface area contributed by atoms with Crippen LogP contribution in [-0.2, 0) is 7.05 Å². The summed E-state index contributed by atoms with van der Waals surface area (Å²) in [6, 6.07) is 9.87. The van der Waals surface area contributed by atoms with E-state index in [1.807, 2.05) is 24.3 Å². The molecule has 0 bridgehead atoms.